The van der Waals surface area contributed by atoms with Gasteiger partial charge in [-0.1, -0.05) is 0 Å². The Bertz CT molecular complexity index is 293. The lowest BCUT2D eigenvalue weighted by Crippen LogP contribution is -2.21. The minimum Gasteiger partial charge on any atom is -0.347 e. The Morgan fingerprint density at radius 2 is 2.20 bits per heavy atom. The molecule has 84 valence electrons. The first-order chi connectivity index (χ1) is 7.03. The maximum Gasteiger partial charge on any atom is 0.163 e. The Morgan fingerprint density at radius 3 is 2.73 bits per heavy atom. The van der Waals surface area contributed by atoms with Crippen molar-refractivity contribution in [2.45, 2.75) is 39.6 Å². The molecule has 1 rings (SSSR count). The summed E-state index contributed by atoms with van der Waals surface area (Å²) >= 11 is 0. The molecule has 0 radical (unpaired) electrons. The van der Waals surface area contributed by atoms with Crippen LogP contribution in [-0.2, 0) is 9.47 Å². The summed E-state index contributed by atoms with van der Waals surface area (Å²) in [6.07, 6.45) is 5.12. The van der Waals surface area contributed by atoms with Crippen LogP contribution in [-0.4, -0.2) is 30.9 Å². The van der Waals surface area contributed by atoms with Crippen LogP contribution in [0.5, 0.6) is 0 Å². The van der Waals surface area contributed by atoms with Crippen molar-refractivity contribution in [3.63, 3.8) is 0 Å². The highest BCUT2D eigenvalue weighted by Crippen LogP contribution is 2.21. The summed E-state index contributed by atoms with van der Waals surface area (Å²) in [5.74, 6) is -0.489. The van der Waals surface area contributed by atoms with Gasteiger partial charge in [0.1, 0.15) is 6.10 Å². The van der Waals surface area contributed by atoms with E-state index >= 15 is 0 Å². The summed E-state index contributed by atoms with van der Waals surface area (Å²) < 4.78 is 10.9. The van der Waals surface area contributed by atoms with Crippen LogP contribution in [0, 0.1) is 0 Å². The molecule has 1 saturated heterocycles. The van der Waals surface area contributed by atoms with Crippen LogP contribution in [0.2, 0.25) is 0 Å². The first-order valence-electron chi connectivity index (χ1n) is 5.04. The molecule has 4 heteroatoms. The van der Waals surface area contributed by atoms with Crippen LogP contribution in [0.25, 0.3) is 0 Å². The van der Waals surface area contributed by atoms with Gasteiger partial charge in [-0.2, -0.15) is 0 Å². The maximum absolute atomic E-state index is 5.55. The highest BCUT2D eigenvalue weighted by Gasteiger charge is 2.31. The molecule has 1 aliphatic rings. The molecule has 0 bridgehead atoms. The van der Waals surface area contributed by atoms with E-state index in [1.807, 2.05) is 27.7 Å². The molecule has 4 nitrogen and oxygen atoms in total. The van der Waals surface area contributed by atoms with E-state index in [1.165, 1.54) is 0 Å². The zero-order valence-electron chi connectivity index (χ0n) is 9.73. The normalized spacial score (nSPS) is 26.9. The second-order valence-corrected chi connectivity index (χ2v) is 3.82. The number of nitrogens with zero attached hydrogens (tertiary/aromatic N) is 2. The molecule has 1 atom stereocenters. The van der Waals surface area contributed by atoms with Gasteiger partial charge in [0.2, 0.25) is 0 Å². The van der Waals surface area contributed by atoms with Crippen LogP contribution in [0.1, 0.15) is 27.7 Å². The van der Waals surface area contributed by atoms with E-state index in [1.54, 1.807) is 18.6 Å². The molecule has 0 amide bonds. The van der Waals surface area contributed by atoms with Crippen LogP contribution >= 0.6 is 0 Å². The first kappa shape index (κ1) is 12.1. The lowest BCUT2D eigenvalue weighted by molar-refractivity contribution is -0.130. The summed E-state index contributed by atoms with van der Waals surface area (Å²) in [6, 6.07) is 0. The number of allylic oxidation sites excluding steroid dienone is 1. The molecular formula is C11H18N2O2. The van der Waals surface area contributed by atoms with Crippen LogP contribution in [0.4, 0.5) is 0 Å². The number of ether oxygens (including phenoxy) is 2. The van der Waals surface area contributed by atoms with E-state index in [4.69, 9.17) is 9.47 Å². The van der Waals surface area contributed by atoms with Crippen molar-refractivity contribution in [2.75, 3.05) is 6.61 Å². The molecule has 15 heavy (non-hydrogen) atoms. The fraction of sp³-hybridized carbons (Fsp3) is 0.636. The van der Waals surface area contributed by atoms with E-state index in [2.05, 4.69) is 9.98 Å². The molecule has 0 aromatic heterocycles. The van der Waals surface area contributed by atoms with Crippen molar-refractivity contribution in [1.82, 2.24) is 0 Å². The van der Waals surface area contributed by atoms with Gasteiger partial charge in [-0.3, -0.25) is 9.98 Å². The molecule has 1 aliphatic heterocycles. The smallest absolute Gasteiger partial charge is 0.163 e. The summed E-state index contributed by atoms with van der Waals surface area (Å²) in [4.78, 5) is 8.20. The molecule has 0 aromatic rings. The molecule has 1 heterocycles. The van der Waals surface area contributed by atoms with Crippen molar-refractivity contribution in [2.24, 2.45) is 9.98 Å². The Balaban J connectivity index is 2.43. The van der Waals surface area contributed by atoms with E-state index in [-0.39, 0.29) is 6.10 Å². The lowest BCUT2D eigenvalue weighted by Gasteiger charge is -2.15. The average Bonchev–Trinajstić information content (AvgIpc) is 2.46. The molecule has 0 aliphatic carbocycles. The van der Waals surface area contributed by atoms with Gasteiger partial charge < -0.3 is 9.47 Å². The second kappa shape index (κ2) is 5.19. The van der Waals surface area contributed by atoms with Crippen LogP contribution in [0.15, 0.2) is 21.9 Å². The largest absolute Gasteiger partial charge is 0.347 e. The molecule has 0 spiro atoms. The van der Waals surface area contributed by atoms with E-state index in [0.717, 1.165) is 5.70 Å². The predicted octanol–water partition coefficient (Wildman–Crippen LogP) is 2.16. The van der Waals surface area contributed by atoms with Crippen molar-refractivity contribution >= 4 is 12.4 Å². The summed E-state index contributed by atoms with van der Waals surface area (Å²) in [5, 5.41) is 0. The van der Waals surface area contributed by atoms with Gasteiger partial charge in [0, 0.05) is 18.6 Å². The summed E-state index contributed by atoms with van der Waals surface area (Å²) in [6.45, 7) is 8.11. The zero-order valence-corrected chi connectivity index (χ0v) is 9.73. The molecule has 0 saturated carbocycles. The zero-order chi connectivity index (χ0) is 11.3. The fourth-order valence-corrected chi connectivity index (χ4v) is 1.27. The van der Waals surface area contributed by atoms with Crippen molar-refractivity contribution in [1.29, 1.82) is 0 Å². The molecule has 0 unspecified atom stereocenters. The number of hydrogen-bond donors (Lipinski definition) is 0. The molecule has 1 fully saturated rings. The third-order valence-corrected chi connectivity index (χ3v) is 1.88. The van der Waals surface area contributed by atoms with Gasteiger partial charge in [-0.15, -0.1) is 0 Å². The van der Waals surface area contributed by atoms with Gasteiger partial charge in [0.05, 0.1) is 12.3 Å². The monoisotopic (exact) mass is 210 g/mol. The minimum atomic E-state index is -0.489. The standard InChI is InChI=1S/C11H18N2O2/c1-5-13-9(2)6-12-7-10-8-14-11(3,4)15-10/h5-7,10H,8H2,1-4H3/b9-6-,12-7+,13-5-/t10-/m1/s1. The molecular weight excluding hydrogens is 192 g/mol. The summed E-state index contributed by atoms with van der Waals surface area (Å²) in [5.41, 5.74) is 0.868. The molecule has 0 N–H and O–H groups in total. The van der Waals surface area contributed by atoms with Crippen LogP contribution in [0.3, 0.4) is 0 Å². The third kappa shape index (κ3) is 4.36. The Kier molecular flexibility index (Phi) is 4.17. The van der Waals surface area contributed by atoms with Crippen molar-refractivity contribution in [3.05, 3.63) is 11.9 Å². The number of aliphatic imine (C=N–C) groups is 2. The van der Waals surface area contributed by atoms with Crippen molar-refractivity contribution in [3.8, 4) is 0 Å². The van der Waals surface area contributed by atoms with Gasteiger partial charge in [-0.25, -0.2) is 0 Å². The minimum absolute atomic E-state index is 0.0605. The molecule has 0 aromatic carbocycles. The fourth-order valence-electron chi connectivity index (χ4n) is 1.27. The highest BCUT2D eigenvalue weighted by atomic mass is 16.7. The van der Waals surface area contributed by atoms with Gasteiger partial charge in [0.15, 0.2) is 5.79 Å². The van der Waals surface area contributed by atoms with Crippen LogP contribution < -0.4 is 0 Å². The Morgan fingerprint density at radius 1 is 1.47 bits per heavy atom. The van der Waals surface area contributed by atoms with Gasteiger partial charge in [-0.05, 0) is 27.7 Å². The quantitative estimate of drug-likeness (QED) is 0.670. The van der Waals surface area contributed by atoms with E-state index < -0.39 is 5.79 Å². The van der Waals surface area contributed by atoms with E-state index in [9.17, 15) is 0 Å². The van der Waals surface area contributed by atoms with Crippen molar-refractivity contribution < 1.29 is 9.47 Å². The Labute approximate surface area is 90.7 Å². The Hall–Kier alpha value is -1.00. The number of hydrogen-bond acceptors (Lipinski definition) is 4. The highest BCUT2D eigenvalue weighted by molar-refractivity contribution is 5.64. The first-order valence-corrected chi connectivity index (χ1v) is 5.04. The summed E-state index contributed by atoms with van der Waals surface area (Å²) in [7, 11) is 0. The van der Waals surface area contributed by atoms with Gasteiger partial charge in [0.25, 0.3) is 0 Å². The predicted molar refractivity (Wildman–Crippen MR) is 61.3 cm³/mol. The second-order valence-electron chi connectivity index (χ2n) is 3.82. The number of rotatable bonds is 3. The maximum atomic E-state index is 5.55. The SMILES string of the molecule is C\C=N/C(C)=C\N=C\[C@@H]1COC(C)(C)O1. The average molecular weight is 210 g/mol. The van der Waals surface area contributed by atoms with E-state index in [0.29, 0.717) is 6.61 Å². The third-order valence-electron chi connectivity index (χ3n) is 1.88. The van der Waals surface area contributed by atoms with Gasteiger partial charge >= 0.3 is 0 Å². The lowest BCUT2D eigenvalue weighted by atomic mass is 10.4. The topological polar surface area (TPSA) is 43.2 Å².